The van der Waals surface area contributed by atoms with Crippen LogP contribution in [0.1, 0.15) is 357 Å². The third-order valence-electron chi connectivity index (χ3n) is 17.3. The summed E-state index contributed by atoms with van der Waals surface area (Å²) in [5, 5.41) is 10.6. The highest BCUT2D eigenvalue weighted by atomic mass is 31.2. The lowest BCUT2D eigenvalue weighted by Crippen LogP contribution is -2.30. The lowest BCUT2D eigenvalue weighted by atomic mass is 9.99. The fourth-order valence-corrected chi connectivity index (χ4v) is 12.4. The van der Waals surface area contributed by atoms with E-state index in [1.54, 1.807) is 0 Å². The van der Waals surface area contributed by atoms with Crippen molar-refractivity contribution in [1.29, 1.82) is 0 Å². The minimum absolute atomic E-state index is 0.104. The zero-order valence-electron chi connectivity index (χ0n) is 59.5. The van der Waals surface area contributed by atoms with E-state index in [-0.39, 0.29) is 25.7 Å². The number of phosphoric ester groups is 2. The molecule has 0 heterocycles. The van der Waals surface area contributed by atoms with Gasteiger partial charge in [0.05, 0.1) is 26.4 Å². The van der Waals surface area contributed by atoms with Crippen LogP contribution < -0.4 is 0 Å². The summed E-state index contributed by atoms with van der Waals surface area (Å²) in [7, 11) is -9.91. The summed E-state index contributed by atoms with van der Waals surface area (Å²) in [6.45, 7) is 14.1. The Hall–Kier alpha value is -1.94. The molecule has 0 amide bonds. The molecular formula is C72H140O17P2. The molecule has 0 aliphatic carbocycles. The zero-order valence-corrected chi connectivity index (χ0v) is 61.3. The number of carbonyl (C=O) groups is 4. The quantitative estimate of drug-likeness (QED) is 0.0222. The van der Waals surface area contributed by atoms with Gasteiger partial charge in [-0.2, -0.15) is 0 Å². The SMILES string of the molecule is CCC(C)CCCCCCCCCCCCC(=O)OC[C@H](COP(=O)(O)OCC(O)COP(=O)(O)OC[C@@H](COC(=O)CCCCCCCCCC(C)C)OC(=O)CCCCCCCCCCCCCCC(C)C)OC(=O)CCCCCCCCCCC(C)CC. The Kier molecular flexibility index (Phi) is 60.3. The first-order chi connectivity index (χ1) is 43.7. The first kappa shape index (κ1) is 89.1. The highest BCUT2D eigenvalue weighted by molar-refractivity contribution is 7.47. The van der Waals surface area contributed by atoms with Gasteiger partial charge in [-0.25, -0.2) is 9.13 Å². The van der Waals surface area contributed by atoms with Gasteiger partial charge in [-0.3, -0.25) is 37.3 Å². The van der Waals surface area contributed by atoms with E-state index in [1.807, 2.05) is 0 Å². The predicted molar refractivity (Wildman–Crippen MR) is 367 cm³/mol. The van der Waals surface area contributed by atoms with Crippen molar-refractivity contribution < 1.29 is 80.2 Å². The van der Waals surface area contributed by atoms with E-state index in [4.69, 9.17) is 37.0 Å². The minimum atomic E-state index is -4.95. The molecule has 7 atom stereocenters. The molecule has 19 heteroatoms. The maximum absolute atomic E-state index is 13.0. The van der Waals surface area contributed by atoms with Crippen LogP contribution in [0.5, 0.6) is 0 Å². The molecule has 0 aromatic heterocycles. The molecule has 5 unspecified atom stereocenters. The number of aliphatic hydroxyl groups is 1. The zero-order chi connectivity index (χ0) is 67.5. The fourth-order valence-electron chi connectivity index (χ4n) is 10.8. The molecule has 0 fully saturated rings. The Bertz CT molecular complexity index is 1800. The van der Waals surface area contributed by atoms with Crippen molar-refractivity contribution >= 4 is 39.5 Å². The third kappa shape index (κ3) is 63.9. The van der Waals surface area contributed by atoms with Crippen molar-refractivity contribution in [2.75, 3.05) is 39.6 Å². The summed E-state index contributed by atoms with van der Waals surface area (Å²) in [6.07, 6.45) is 44.3. The van der Waals surface area contributed by atoms with Crippen LogP contribution in [-0.4, -0.2) is 96.7 Å². The molecule has 0 aliphatic heterocycles. The normalized spacial score (nSPS) is 14.8. The van der Waals surface area contributed by atoms with Crippen molar-refractivity contribution in [2.24, 2.45) is 23.7 Å². The molecule has 0 aromatic carbocycles. The fraction of sp³-hybridized carbons (Fsp3) is 0.944. The molecule has 0 saturated carbocycles. The van der Waals surface area contributed by atoms with Crippen LogP contribution in [0, 0.1) is 23.7 Å². The smallest absolute Gasteiger partial charge is 0.462 e. The van der Waals surface area contributed by atoms with E-state index in [1.165, 1.54) is 154 Å². The lowest BCUT2D eigenvalue weighted by Gasteiger charge is -2.21. The van der Waals surface area contributed by atoms with Gasteiger partial charge in [0, 0.05) is 25.7 Å². The van der Waals surface area contributed by atoms with Gasteiger partial charge in [-0.15, -0.1) is 0 Å². The summed E-state index contributed by atoms with van der Waals surface area (Å²) >= 11 is 0. The van der Waals surface area contributed by atoms with E-state index in [9.17, 15) is 43.2 Å². The van der Waals surface area contributed by atoms with Crippen molar-refractivity contribution in [3.8, 4) is 0 Å². The predicted octanol–water partition coefficient (Wildman–Crippen LogP) is 20.5. The number of ether oxygens (including phenoxy) is 4. The molecule has 0 spiro atoms. The first-order valence-electron chi connectivity index (χ1n) is 37.3. The van der Waals surface area contributed by atoms with Gasteiger partial charge in [0.2, 0.25) is 0 Å². The van der Waals surface area contributed by atoms with Crippen LogP contribution in [0.4, 0.5) is 0 Å². The molecular weight excluding hydrogens is 1200 g/mol. The summed E-state index contributed by atoms with van der Waals surface area (Å²) in [4.78, 5) is 72.6. The highest BCUT2D eigenvalue weighted by Crippen LogP contribution is 2.45. The number of hydrogen-bond donors (Lipinski definition) is 3. The average Bonchev–Trinajstić information content (AvgIpc) is 3.72. The van der Waals surface area contributed by atoms with E-state index in [2.05, 4.69) is 55.4 Å². The molecule has 91 heavy (non-hydrogen) atoms. The number of phosphoric acid groups is 2. The minimum Gasteiger partial charge on any atom is -0.462 e. The third-order valence-corrected chi connectivity index (χ3v) is 19.2. The summed E-state index contributed by atoms with van der Waals surface area (Å²) in [6, 6.07) is 0. The second-order valence-corrected chi connectivity index (χ2v) is 30.3. The van der Waals surface area contributed by atoms with Crippen molar-refractivity contribution in [3.05, 3.63) is 0 Å². The van der Waals surface area contributed by atoms with Crippen LogP contribution in [0.2, 0.25) is 0 Å². The molecule has 0 saturated heterocycles. The van der Waals surface area contributed by atoms with Gasteiger partial charge in [-0.05, 0) is 49.4 Å². The highest BCUT2D eigenvalue weighted by Gasteiger charge is 2.30. The van der Waals surface area contributed by atoms with Gasteiger partial charge in [0.15, 0.2) is 12.2 Å². The van der Waals surface area contributed by atoms with Crippen LogP contribution in [0.25, 0.3) is 0 Å². The monoisotopic (exact) mass is 1340 g/mol. The average molecular weight is 1340 g/mol. The largest absolute Gasteiger partial charge is 0.472 e. The Balaban J connectivity index is 5.26. The molecule has 17 nitrogen and oxygen atoms in total. The van der Waals surface area contributed by atoms with Crippen molar-refractivity contribution in [1.82, 2.24) is 0 Å². The van der Waals surface area contributed by atoms with Gasteiger partial charge < -0.3 is 33.8 Å². The van der Waals surface area contributed by atoms with E-state index in [0.717, 1.165) is 114 Å². The molecule has 3 N–H and O–H groups in total. The number of esters is 4. The molecule has 0 radical (unpaired) electrons. The second kappa shape index (κ2) is 61.6. The molecule has 540 valence electrons. The molecule has 0 rings (SSSR count). The summed E-state index contributed by atoms with van der Waals surface area (Å²) in [5.41, 5.74) is 0. The number of carbonyl (C=O) groups excluding carboxylic acids is 4. The van der Waals surface area contributed by atoms with E-state index >= 15 is 0 Å². The molecule has 0 aliphatic rings. The van der Waals surface area contributed by atoms with Gasteiger partial charge >= 0.3 is 39.5 Å². The first-order valence-corrected chi connectivity index (χ1v) is 40.3. The van der Waals surface area contributed by atoms with Gasteiger partial charge in [0.1, 0.15) is 19.3 Å². The Morgan fingerprint density at radius 2 is 0.527 bits per heavy atom. The van der Waals surface area contributed by atoms with Gasteiger partial charge in [-0.1, -0.05) is 306 Å². The number of unbranched alkanes of at least 4 members (excludes halogenated alkanes) is 33. The van der Waals surface area contributed by atoms with E-state index in [0.29, 0.717) is 31.6 Å². The Labute approximate surface area is 556 Å². The van der Waals surface area contributed by atoms with Crippen LogP contribution >= 0.6 is 15.6 Å². The lowest BCUT2D eigenvalue weighted by molar-refractivity contribution is -0.161. The van der Waals surface area contributed by atoms with Gasteiger partial charge in [0.25, 0.3) is 0 Å². The Morgan fingerprint density at radius 1 is 0.308 bits per heavy atom. The number of rotatable bonds is 69. The standard InChI is InChI=1S/C72H140O17P2/c1-9-64(7)50-42-34-26-18-15-16-19-28-36-44-52-69(74)82-58-67(89-72(77)55-47-39-30-22-21-27-35-43-51-65(8)10-2)60-86-90(78,79)84-56-66(73)57-85-91(80,81)87-61-68(59-83-70(75)53-45-37-31-23-25-33-41-49-63(5)6)88-71(76)54-46-38-29-20-14-12-11-13-17-24-32-40-48-62(3)4/h62-68,73H,9-61H2,1-8H3,(H,78,79)(H,80,81)/t64?,65?,66?,67-,68-/m1/s1. The Morgan fingerprint density at radius 3 is 0.780 bits per heavy atom. The number of hydrogen-bond acceptors (Lipinski definition) is 15. The van der Waals surface area contributed by atoms with E-state index < -0.39 is 97.5 Å². The number of aliphatic hydroxyl groups excluding tert-OH is 1. The summed E-state index contributed by atoms with van der Waals surface area (Å²) in [5.74, 6) is 0.933. The van der Waals surface area contributed by atoms with Crippen molar-refractivity contribution in [3.63, 3.8) is 0 Å². The van der Waals surface area contributed by atoms with Crippen molar-refractivity contribution in [2.45, 2.75) is 375 Å². The van der Waals surface area contributed by atoms with Crippen LogP contribution in [0.3, 0.4) is 0 Å². The maximum atomic E-state index is 13.0. The van der Waals surface area contributed by atoms with Crippen LogP contribution in [0.15, 0.2) is 0 Å². The summed E-state index contributed by atoms with van der Waals surface area (Å²) < 4.78 is 68.4. The maximum Gasteiger partial charge on any atom is 0.472 e. The second-order valence-electron chi connectivity index (χ2n) is 27.4. The topological polar surface area (TPSA) is 237 Å². The van der Waals surface area contributed by atoms with Crippen LogP contribution in [-0.2, 0) is 65.4 Å². The molecule has 0 bridgehead atoms. The molecule has 0 aromatic rings.